The standard InChI is InChI=1S/C36H42O4/c1-19-13-29(14-20(2)33(19)37-11)39-35-23(5)17-31(25(7)27(35)9)32-18-24(6)36(28(10)26(32)8)40-30-15-21(3)34(38-12)22(4)16-30/h13-18H,1-12H3. The first-order valence-electron chi connectivity index (χ1n) is 13.8. The zero-order chi connectivity index (χ0) is 29.5. The summed E-state index contributed by atoms with van der Waals surface area (Å²) >= 11 is 0. The molecule has 4 nitrogen and oxygen atoms in total. The monoisotopic (exact) mass is 538 g/mol. The van der Waals surface area contributed by atoms with Gasteiger partial charge in [0.05, 0.1) is 14.2 Å². The zero-order valence-electron chi connectivity index (χ0n) is 26.1. The molecule has 0 spiro atoms. The third-order valence-electron chi connectivity index (χ3n) is 8.06. The Balaban J connectivity index is 1.73. The molecule has 0 aliphatic rings. The van der Waals surface area contributed by atoms with Crippen molar-refractivity contribution >= 4 is 0 Å². The second-order valence-corrected chi connectivity index (χ2v) is 11.0. The molecule has 0 heterocycles. The smallest absolute Gasteiger partial charge is 0.133 e. The number of benzene rings is 4. The Bertz CT molecular complexity index is 1440. The number of rotatable bonds is 7. The van der Waals surface area contributed by atoms with Crippen LogP contribution < -0.4 is 18.9 Å². The highest BCUT2D eigenvalue weighted by Crippen LogP contribution is 2.43. The van der Waals surface area contributed by atoms with E-state index in [4.69, 9.17) is 18.9 Å². The molecule has 0 aliphatic heterocycles. The highest BCUT2D eigenvalue weighted by atomic mass is 16.5. The van der Waals surface area contributed by atoms with Crippen LogP contribution in [0, 0.1) is 69.2 Å². The van der Waals surface area contributed by atoms with E-state index in [2.05, 4.69) is 53.7 Å². The molecule has 0 unspecified atom stereocenters. The summed E-state index contributed by atoms with van der Waals surface area (Å²) in [5.41, 5.74) is 13.6. The van der Waals surface area contributed by atoms with E-state index in [0.29, 0.717) is 0 Å². The first-order valence-corrected chi connectivity index (χ1v) is 13.8. The molecule has 0 atom stereocenters. The van der Waals surface area contributed by atoms with Crippen molar-refractivity contribution in [1.29, 1.82) is 0 Å². The van der Waals surface area contributed by atoms with Crippen LogP contribution in [0.2, 0.25) is 0 Å². The second-order valence-electron chi connectivity index (χ2n) is 11.0. The van der Waals surface area contributed by atoms with Crippen LogP contribution in [-0.4, -0.2) is 14.2 Å². The van der Waals surface area contributed by atoms with Gasteiger partial charge in [-0.3, -0.25) is 0 Å². The van der Waals surface area contributed by atoms with E-state index >= 15 is 0 Å². The van der Waals surface area contributed by atoms with Crippen molar-refractivity contribution in [2.24, 2.45) is 0 Å². The van der Waals surface area contributed by atoms with Crippen molar-refractivity contribution < 1.29 is 18.9 Å². The average Bonchev–Trinajstić information content (AvgIpc) is 2.88. The molecule has 4 aromatic carbocycles. The third kappa shape index (κ3) is 5.28. The van der Waals surface area contributed by atoms with Crippen LogP contribution in [0.1, 0.15) is 55.6 Å². The summed E-state index contributed by atoms with van der Waals surface area (Å²) < 4.78 is 24.0. The first kappa shape index (κ1) is 29.1. The van der Waals surface area contributed by atoms with Gasteiger partial charge in [0, 0.05) is 0 Å². The molecule has 0 amide bonds. The Morgan fingerprint density at radius 2 is 0.625 bits per heavy atom. The van der Waals surface area contributed by atoms with Gasteiger partial charge in [-0.25, -0.2) is 0 Å². The van der Waals surface area contributed by atoms with Gasteiger partial charge in [0.2, 0.25) is 0 Å². The van der Waals surface area contributed by atoms with Crippen LogP contribution >= 0.6 is 0 Å². The number of aryl methyl sites for hydroxylation is 6. The van der Waals surface area contributed by atoms with E-state index in [9.17, 15) is 0 Å². The lowest BCUT2D eigenvalue weighted by Gasteiger charge is -2.22. The first-order chi connectivity index (χ1) is 18.9. The van der Waals surface area contributed by atoms with Gasteiger partial charge in [-0.05, 0) is 172 Å². The minimum Gasteiger partial charge on any atom is -0.496 e. The fourth-order valence-corrected chi connectivity index (χ4v) is 5.81. The molecule has 4 rings (SSSR count). The predicted octanol–water partition coefficient (Wildman–Crippen LogP) is 10.0. The lowest BCUT2D eigenvalue weighted by Crippen LogP contribution is -2.01. The van der Waals surface area contributed by atoms with Crippen molar-refractivity contribution in [2.75, 3.05) is 14.2 Å². The van der Waals surface area contributed by atoms with E-state index in [1.54, 1.807) is 14.2 Å². The van der Waals surface area contributed by atoms with Crippen LogP contribution in [0.25, 0.3) is 11.1 Å². The van der Waals surface area contributed by atoms with Gasteiger partial charge in [-0.2, -0.15) is 0 Å². The number of hydrogen-bond donors (Lipinski definition) is 0. The van der Waals surface area contributed by atoms with Crippen molar-refractivity contribution in [3.8, 4) is 45.6 Å². The summed E-state index contributed by atoms with van der Waals surface area (Å²) in [5, 5.41) is 0. The summed E-state index contributed by atoms with van der Waals surface area (Å²) in [5.74, 6) is 5.25. The normalized spacial score (nSPS) is 11.0. The molecule has 0 aromatic heterocycles. The van der Waals surface area contributed by atoms with E-state index in [-0.39, 0.29) is 0 Å². The van der Waals surface area contributed by atoms with Crippen molar-refractivity contribution in [3.05, 3.63) is 92.0 Å². The maximum absolute atomic E-state index is 6.49. The number of ether oxygens (including phenoxy) is 4. The van der Waals surface area contributed by atoms with Crippen LogP contribution in [0.15, 0.2) is 36.4 Å². The SMILES string of the molecule is COc1c(C)cc(Oc2c(C)cc(-c3cc(C)c(Oc4cc(C)c(OC)c(C)c4)c(C)c3C)c(C)c2C)cc1C. The summed E-state index contributed by atoms with van der Waals surface area (Å²) in [6.07, 6.45) is 0. The maximum Gasteiger partial charge on any atom is 0.133 e. The summed E-state index contributed by atoms with van der Waals surface area (Å²) in [6, 6.07) is 12.6. The minimum absolute atomic E-state index is 0.822. The van der Waals surface area contributed by atoms with Gasteiger partial charge in [-0.1, -0.05) is 0 Å². The fourth-order valence-electron chi connectivity index (χ4n) is 5.81. The minimum atomic E-state index is 0.822. The molecule has 210 valence electrons. The maximum atomic E-state index is 6.49. The van der Waals surface area contributed by atoms with Crippen LogP contribution in [-0.2, 0) is 0 Å². The molecule has 0 fully saturated rings. The highest BCUT2D eigenvalue weighted by Gasteiger charge is 2.20. The Morgan fingerprint density at radius 1 is 0.350 bits per heavy atom. The molecule has 4 aromatic rings. The molecule has 0 saturated carbocycles. The zero-order valence-corrected chi connectivity index (χ0v) is 26.1. The van der Waals surface area contributed by atoms with E-state index < -0.39 is 0 Å². The van der Waals surface area contributed by atoms with Crippen molar-refractivity contribution in [2.45, 2.75) is 69.2 Å². The summed E-state index contributed by atoms with van der Waals surface area (Å²) in [6.45, 7) is 21.1. The number of methoxy groups -OCH3 is 2. The van der Waals surface area contributed by atoms with Crippen LogP contribution in [0.4, 0.5) is 0 Å². The molecule has 0 saturated heterocycles. The van der Waals surface area contributed by atoms with Gasteiger partial charge >= 0.3 is 0 Å². The number of hydrogen-bond acceptors (Lipinski definition) is 4. The van der Waals surface area contributed by atoms with E-state index in [1.807, 2.05) is 52.0 Å². The Labute approximate surface area is 239 Å². The van der Waals surface area contributed by atoms with Crippen LogP contribution in [0.3, 0.4) is 0 Å². The van der Waals surface area contributed by atoms with Gasteiger partial charge in [0.25, 0.3) is 0 Å². The van der Waals surface area contributed by atoms with Gasteiger partial charge < -0.3 is 18.9 Å². The van der Waals surface area contributed by atoms with E-state index in [0.717, 1.165) is 79.0 Å². The van der Waals surface area contributed by atoms with Crippen LogP contribution in [0.5, 0.6) is 34.5 Å². The highest BCUT2D eigenvalue weighted by molar-refractivity contribution is 5.77. The predicted molar refractivity (Wildman–Crippen MR) is 165 cm³/mol. The molecule has 0 aliphatic carbocycles. The third-order valence-corrected chi connectivity index (χ3v) is 8.06. The molecule has 0 N–H and O–H groups in total. The van der Waals surface area contributed by atoms with Crippen molar-refractivity contribution in [1.82, 2.24) is 0 Å². The summed E-state index contributed by atoms with van der Waals surface area (Å²) in [7, 11) is 3.41. The van der Waals surface area contributed by atoms with Crippen molar-refractivity contribution in [3.63, 3.8) is 0 Å². The van der Waals surface area contributed by atoms with Gasteiger partial charge in [-0.15, -0.1) is 0 Å². The Kier molecular flexibility index (Phi) is 8.20. The topological polar surface area (TPSA) is 36.9 Å². The molecular weight excluding hydrogens is 496 g/mol. The lowest BCUT2D eigenvalue weighted by atomic mass is 9.88. The molecular formula is C36H42O4. The molecule has 40 heavy (non-hydrogen) atoms. The van der Waals surface area contributed by atoms with E-state index in [1.165, 1.54) is 22.3 Å². The Hall–Kier alpha value is -3.92. The quantitative estimate of drug-likeness (QED) is 0.235. The molecule has 0 bridgehead atoms. The molecule has 0 radical (unpaired) electrons. The Morgan fingerprint density at radius 3 is 0.900 bits per heavy atom. The van der Waals surface area contributed by atoms with Gasteiger partial charge in [0.1, 0.15) is 34.5 Å². The largest absolute Gasteiger partial charge is 0.496 e. The second kappa shape index (κ2) is 11.3. The van der Waals surface area contributed by atoms with Gasteiger partial charge in [0.15, 0.2) is 0 Å². The fraction of sp³-hybridized carbons (Fsp3) is 0.333. The molecule has 4 heteroatoms. The average molecular weight is 539 g/mol. The summed E-state index contributed by atoms with van der Waals surface area (Å²) in [4.78, 5) is 0. The lowest BCUT2D eigenvalue weighted by molar-refractivity contribution is 0.406.